The quantitative estimate of drug-likeness (QED) is 0.864. The molecule has 0 bridgehead atoms. The minimum Gasteiger partial charge on any atom is -0.449 e. The van der Waals surface area contributed by atoms with Crippen LogP contribution < -0.4 is 10.9 Å². The van der Waals surface area contributed by atoms with Crippen LogP contribution in [0.4, 0.5) is 5.69 Å². The van der Waals surface area contributed by atoms with Crippen LogP contribution in [0.1, 0.15) is 11.5 Å². The van der Waals surface area contributed by atoms with Gasteiger partial charge < -0.3 is 14.3 Å². The molecule has 5 heteroatoms. The van der Waals surface area contributed by atoms with Crippen LogP contribution in [0.5, 0.6) is 0 Å². The zero-order valence-corrected chi connectivity index (χ0v) is 9.30. The number of hydrogen-bond donors (Lipinski definition) is 1. The van der Waals surface area contributed by atoms with Crippen LogP contribution in [0.15, 0.2) is 39.7 Å². The van der Waals surface area contributed by atoms with Gasteiger partial charge in [0.2, 0.25) is 11.3 Å². The largest absolute Gasteiger partial charge is 0.449 e. The van der Waals surface area contributed by atoms with E-state index < -0.39 is 0 Å². The molecule has 0 amide bonds. The summed E-state index contributed by atoms with van der Waals surface area (Å²) in [6.45, 7) is 0.472. The molecule has 0 aliphatic heterocycles. The summed E-state index contributed by atoms with van der Waals surface area (Å²) < 4.78 is 6.71. The van der Waals surface area contributed by atoms with Crippen LogP contribution in [0.2, 0.25) is 0 Å². The summed E-state index contributed by atoms with van der Waals surface area (Å²) in [6.07, 6.45) is 1.70. The first kappa shape index (κ1) is 11.0. The van der Waals surface area contributed by atoms with Crippen molar-refractivity contribution in [2.45, 2.75) is 6.54 Å². The second-order valence-electron chi connectivity index (χ2n) is 3.60. The number of nitrogens with one attached hydrogen (secondary N) is 1. The van der Waals surface area contributed by atoms with Gasteiger partial charge in [-0.3, -0.25) is 4.79 Å². The van der Waals surface area contributed by atoms with Gasteiger partial charge in [-0.2, -0.15) is 5.26 Å². The molecule has 2 rings (SSSR count). The van der Waals surface area contributed by atoms with E-state index in [-0.39, 0.29) is 5.56 Å². The van der Waals surface area contributed by atoms with Gasteiger partial charge in [0.25, 0.3) is 0 Å². The smallest absolute Gasteiger partial charge is 0.250 e. The topological polar surface area (TPSA) is 71.0 Å². The third kappa shape index (κ3) is 2.55. The van der Waals surface area contributed by atoms with Gasteiger partial charge in [-0.15, -0.1) is 0 Å². The predicted octanol–water partition coefficient (Wildman–Crippen LogP) is 1.46. The Bertz CT molecular complexity index is 619. The van der Waals surface area contributed by atoms with Crippen molar-refractivity contribution in [2.24, 2.45) is 7.05 Å². The van der Waals surface area contributed by atoms with E-state index >= 15 is 0 Å². The summed E-state index contributed by atoms with van der Waals surface area (Å²) >= 11 is 0. The first-order chi connectivity index (χ1) is 8.19. The molecule has 5 nitrogen and oxygen atoms in total. The van der Waals surface area contributed by atoms with Gasteiger partial charge in [-0.25, -0.2) is 0 Å². The minimum absolute atomic E-state index is 0.0553. The molecule has 0 aromatic carbocycles. The molecule has 0 aliphatic carbocycles. The average Bonchev–Trinajstić information content (AvgIpc) is 2.79. The Morgan fingerprint density at radius 1 is 1.41 bits per heavy atom. The molecule has 2 heterocycles. The maximum absolute atomic E-state index is 11.2. The number of hydrogen-bond acceptors (Lipinski definition) is 4. The van der Waals surface area contributed by atoms with Crippen LogP contribution in [-0.2, 0) is 13.6 Å². The van der Waals surface area contributed by atoms with E-state index in [0.717, 1.165) is 5.69 Å². The molecule has 0 fully saturated rings. The summed E-state index contributed by atoms with van der Waals surface area (Å²) in [5.74, 6) is 0.970. The zero-order valence-electron chi connectivity index (χ0n) is 9.30. The van der Waals surface area contributed by atoms with Crippen molar-refractivity contribution in [3.63, 3.8) is 0 Å². The van der Waals surface area contributed by atoms with E-state index in [9.17, 15) is 4.79 Å². The van der Waals surface area contributed by atoms with Crippen molar-refractivity contribution < 1.29 is 4.42 Å². The molecule has 2 aromatic rings. The molecular formula is C12H11N3O2. The van der Waals surface area contributed by atoms with Gasteiger partial charge in [0.05, 0.1) is 12.2 Å². The highest BCUT2D eigenvalue weighted by atomic mass is 16.3. The molecule has 1 N–H and O–H groups in total. The molecule has 86 valence electrons. The number of pyridine rings is 1. The van der Waals surface area contributed by atoms with E-state index in [2.05, 4.69) is 5.32 Å². The number of rotatable bonds is 3. The monoisotopic (exact) mass is 229 g/mol. The standard InChI is InChI=1S/C12H11N3O2/c1-15-8-9(2-5-12(15)16)14-7-11-4-3-10(6-13)17-11/h2-5,8,14H,7H2,1H3. The Kier molecular flexibility index (Phi) is 2.97. The van der Waals surface area contributed by atoms with Crippen LogP contribution in [0.25, 0.3) is 0 Å². The third-order valence-corrected chi connectivity index (χ3v) is 2.32. The Balaban J connectivity index is 2.05. The second kappa shape index (κ2) is 4.58. The zero-order chi connectivity index (χ0) is 12.3. The van der Waals surface area contributed by atoms with Crippen LogP contribution >= 0.6 is 0 Å². The number of furan rings is 1. The fourth-order valence-corrected chi connectivity index (χ4v) is 1.42. The summed E-state index contributed by atoms with van der Waals surface area (Å²) in [6, 6.07) is 8.48. The van der Waals surface area contributed by atoms with E-state index in [1.807, 2.05) is 6.07 Å². The van der Waals surface area contributed by atoms with Crippen molar-refractivity contribution in [3.8, 4) is 6.07 Å². The fraction of sp³-hybridized carbons (Fsp3) is 0.167. The Morgan fingerprint density at radius 2 is 2.24 bits per heavy atom. The van der Waals surface area contributed by atoms with Crippen molar-refractivity contribution in [1.29, 1.82) is 5.26 Å². The van der Waals surface area contributed by atoms with E-state index in [1.165, 1.54) is 10.6 Å². The normalized spacial score (nSPS) is 9.88. The highest BCUT2D eigenvalue weighted by molar-refractivity contribution is 5.40. The maximum Gasteiger partial charge on any atom is 0.250 e. The second-order valence-corrected chi connectivity index (χ2v) is 3.60. The van der Waals surface area contributed by atoms with Gasteiger partial charge in [-0.05, 0) is 18.2 Å². The maximum atomic E-state index is 11.2. The molecule has 17 heavy (non-hydrogen) atoms. The molecule has 0 saturated carbocycles. The van der Waals surface area contributed by atoms with Gasteiger partial charge >= 0.3 is 0 Å². The van der Waals surface area contributed by atoms with Crippen molar-refractivity contribution >= 4 is 5.69 Å². The lowest BCUT2D eigenvalue weighted by Crippen LogP contribution is -2.15. The van der Waals surface area contributed by atoms with Gasteiger partial charge in [0.1, 0.15) is 11.8 Å². The predicted molar refractivity (Wildman–Crippen MR) is 62.4 cm³/mol. The van der Waals surface area contributed by atoms with E-state index in [1.54, 1.807) is 31.4 Å². The molecule has 0 saturated heterocycles. The highest BCUT2D eigenvalue weighted by Crippen LogP contribution is 2.09. The lowest BCUT2D eigenvalue weighted by atomic mass is 10.3. The minimum atomic E-state index is -0.0553. The van der Waals surface area contributed by atoms with Crippen LogP contribution in [0.3, 0.4) is 0 Å². The lowest BCUT2D eigenvalue weighted by Gasteiger charge is -2.05. The first-order valence-electron chi connectivity index (χ1n) is 5.08. The number of nitrogens with zero attached hydrogens (tertiary/aromatic N) is 2. The summed E-state index contributed by atoms with van der Waals surface area (Å²) in [4.78, 5) is 11.2. The molecular weight excluding hydrogens is 218 g/mol. The van der Waals surface area contributed by atoms with Crippen molar-refractivity contribution in [1.82, 2.24) is 4.57 Å². The Hall–Kier alpha value is -2.48. The van der Waals surface area contributed by atoms with Crippen LogP contribution in [-0.4, -0.2) is 4.57 Å². The SMILES string of the molecule is Cn1cc(NCc2ccc(C#N)o2)ccc1=O. The van der Waals surface area contributed by atoms with E-state index in [0.29, 0.717) is 18.1 Å². The van der Waals surface area contributed by atoms with Gasteiger partial charge in [0.15, 0.2) is 0 Å². The molecule has 0 spiro atoms. The molecule has 0 unspecified atom stereocenters. The van der Waals surface area contributed by atoms with Crippen molar-refractivity contribution in [2.75, 3.05) is 5.32 Å². The van der Waals surface area contributed by atoms with Crippen LogP contribution in [0, 0.1) is 11.3 Å². The first-order valence-corrected chi connectivity index (χ1v) is 5.08. The van der Waals surface area contributed by atoms with Gasteiger partial charge in [-0.1, -0.05) is 0 Å². The third-order valence-electron chi connectivity index (χ3n) is 2.32. The molecule has 0 radical (unpaired) electrons. The Morgan fingerprint density at radius 3 is 2.88 bits per heavy atom. The Labute approximate surface area is 97.9 Å². The van der Waals surface area contributed by atoms with E-state index in [4.69, 9.17) is 9.68 Å². The fourth-order valence-electron chi connectivity index (χ4n) is 1.42. The summed E-state index contributed by atoms with van der Waals surface area (Å²) in [7, 11) is 1.69. The summed E-state index contributed by atoms with van der Waals surface area (Å²) in [5.41, 5.74) is 0.766. The number of nitriles is 1. The lowest BCUT2D eigenvalue weighted by molar-refractivity contribution is 0.506. The number of aryl methyl sites for hydroxylation is 1. The van der Waals surface area contributed by atoms with Crippen molar-refractivity contribution in [3.05, 3.63) is 52.3 Å². The molecule has 0 aliphatic rings. The highest BCUT2D eigenvalue weighted by Gasteiger charge is 2.01. The number of anilines is 1. The average molecular weight is 229 g/mol. The molecule has 0 atom stereocenters. The van der Waals surface area contributed by atoms with Gasteiger partial charge in [0, 0.05) is 19.3 Å². The number of aromatic nitrogens is 1. The molecule has 2 aromatic heterocycles. The summed E-state index contributed by atoms with van der Waals surface area (Å²) in [5, 5.41) is 11.7.